The van der Waals surface area contributed by atoms with E-state index >= 15 is 0 Å². The summed E-state index contributed by atoms with van der Waals surface area (Å²) in [5, 5.41) is 5.80. The number of rotatable bonds is 8. The van der Waals surface area contributed by atoms with E-state index in [1.807, 2.05) is 50.2 Å². The Morgan fingerprint density at radius 2 is 1.74 bits per heavy atom. The number of aryl methyl sites for hydroxylation is 2. The van der Waals surface area contributed by atoms with Crippen molar-refractivity contribution in [1.29, 1.82) is 0 Å². The Bertz CT molecular complexity index is 1350. The van der Waals surface area contributed by atoms with E-state index in [9.17, 15) is 14.4 Å². The molecule has 2 aliphatic rings. The Labute approximate surface area is 220 Å². The number of fused-ring (bicyclic) bond motifs is 1. The van der Waals surface area contributed by atoms with E-state index in [2.05, 4.69) is 10.6 Å². The summed E-state index contributed by atoms with van der Waals surface area (Å²) in [6.45, 7) is 4.57. The lowest BCUT2D eigenvalue weighted by atomic mass is 10.1. The molecule has 5 rings (SSSR count). The number of ether oxygens (including phenoxy) is 3. The van der Waals surface area contributed by atoms with Crippen molar-refractivity contribution in [2.24, 2.45) is 5.92 Å². The maximum atomic E-state index is 12.7. The number of carbonyl (C=O) groups is 3. The first-order valence-corrected chi connectivity index (χ1v) is 12.4. The van der Waals surface area contributed by atoms with Crippen LogP contribution >= 0.6 is 0 Å². The average molecular weight is 516 g/mol. The van der Waals surface area contributed by atoms with Gasteiger partial charge in [0.1, 0.15) is 5.75 Å². The smallest absolute Gasteiger partial charge is 0.262 e. The molecule has 0 radical (unpaired) electrons. The van der Waals surface area contributed by atoms with Crippen molar-refractivity contribution >= 4 is 29.1 Å². The van der Waals surface area contributed by atoms with Gasteiger partial charge in [0.25, 0.3) is 5.91 Å². The fourth-order valence-corrected chi connectivity index (χ4v) is 4.58. The van der Waals surface area contributed by atoms with Crippen molar-refractivity contribution in [2.45, 2.75) is 26.8 Å². The van der Waals surface area contributed by atoms with E-state index in [1.165, 1.54) is 0 Å². The second-order valence-electron chi connectivity index (χ2n) is 9.41. The van der Waals surface area contributed by atoms with Gasteiger partial charge in [-0.2, -0.15) is 0 Å². The molecule has 2 aliphatic heterocycles. The Morgan fingerprint density at radius 3 is 2.50 bits per heavy atom. The van der Waals surface area contributed by atoms with Gasteiger partial charge < -0.3 is 29.7 Å². The van der Waals surface area contributed by atoms with Crippen LogP contribution in [0.3, 0.4) is 0 Å². The van der Waals surface area contributed by atoms with Gasteiger partial charge in [-0.1, -0.05) is 24.3 Å². The van der Waals surface area contributed by atoms with Gasteiger partial charge in [-0.15, -0.1) is 0 Å². The number of benzene rings is 3. The van der Waals surface area contributed by atoms with Crippen molar-refractivity contribution in [1.82, 2.24) is 5.32 Å². The number of para-hydroxylation sites is 1. The van der Waals surface area contributed by atoms with Gasteiger partial charge in [-0.25, -0.2) is 0 Å². The number of nitrogens with zero attached hydrogens (tertiary/aromatic N) is 1. The summed E-state index contributed by atoms with van der Waals surface area (Å²) in [7, 11) is 0. The molecule has 38 heavy (non-hydrogen) atoms. The largest absolute Gasteiger partial charge is 0.484 e. The van der Waals surface area contributed by atoms with Crippen LogP contribution in [0.1, 0.15) is 23.1 Å². The zero-order chi connectivity index (χ0) is 26.6. The summed E-state index contributed by atoms with van der Waals surface area (Å²) in [6.07, 6.45) is 0.143. The fourth-order valence-electron chi connectivity index (χ4n) is 4.58. The normalized spacial score (nSPS) is 15.9. The molecular weight excluding hydrogens is 486 g/mol. The number of hydrogen-bond acceptors (Lipinski definition) is 6. The molecule has 3 amide bonds. The van der Waals surface area contributed by atoms with Gasteiger partial charge >= 0.3 is 0 Å². The molecule has 9 nitrogen and oxygen atoms in total. The summed E-state index contributed by atoms with van der Waals surface area (Å²) in [4.78, 5) is 39.4. The number of carbonyl (C=O) groups excluding carboxylic acids is 3. The molecule has 0 aromatic heterocycles. The maximum Gasteiger partial charge on any atom is 0.262 e. The SMILES string of the molecule is Cc1cccc(C)c1NC(=O)COc1ccc(N2C[C@H](C(=O)NCc3ccc4c(c3)OCO4)CC2=O)cc1. The van der Waals surface area contributed by atoms with Crippen molar-refractivity contribution in [3.05, 3.63) is 77.4 Å². The zero-order valence-electron chi connectivity index (χ0n) is 21.3. The Balaban J connectivity index is 1.11. The minimum atomic E-state index is -0.443. The predicted octanol–water partition coefficient (Wildman–Crippen LogP) is 3.72. The van der Waals surface area contributed by atoms with Crippen LogP contribution in [0, 0.1) is 19.8 Å². The van der Waals surface area contributed by atoms with E-state index < -0.39 is 5.92 Å². The lowest BCUT2D eigenvalue weighted by Gasteiger charge is -2.17. The van der Waals surface area contributed by atoms with Crippen LogP contribution in [0.2, 0.25) is 0 Å². The molecule has 3 aromatic carbocycles. The van der Waals surface area contributed by atoms with Crippen LogP contribution in [-0.2, 0) is 20.9 Å². The molecule has 1 saturated heterocycles. The van der Waals surface area contributed by atoms with Crippen molar-refractivity contribution in [2.75, 3.05) is 30.2 Å². The van der Waals surface area contributed by atoms with E-state index in [-0.39, 0.29) is 37.5 Å². The number of hydrogen-bond donors (Lipinski definition) is 2. The molecule has 9 heteroatoms. The standard InChI is InChI=1S/C29H29N3O6/c1-18-4-3-5-19(2)28(18)31-26(33)16-36-23-9-7-22(8-10-23)32-15-21(13-27(32)34)29(35)30-14-20-6-11-24-25(12-20)38-17-37-24/h3-12,21H,13-17H2,1-2H3,(H,30,35)(H,31,33)/t21-/m1/s1. The Morgan fingerprint density at radius 1 is 1.00 bits per heavy atom. The Hall–Kier alpha value is -4.53. The van der Waals surface area contributed by atoms with Crippen LogP contribution in [-0.4, -0.2) is 37.7 Å². The van der Waals surface area contributed by atoms with Crippen LogP contribution < -0.4 is 29.7 Å². The molecule has 0 saturated carbocycles. The van der Waals surface area contributed by atoms with Gasteiger partial charge in [0.2, 0.25) is 18.6 Å². The zero-order valence-corrected chi connectivity index (χ0v) is 21.3. The van der Waals surface area contributed by atoms with Gasteiger partial charge in [-0.3, -0.25) is 14.4 Å². The van der Waals surface area contributed by atoms with E-state index in [4.69, 9.17) is 14.2 Å². The first kappa shape index (κ1) is 25.1. The van der Waals surface area contributed by atoms with E-state index in [1.54, 1.807) is 29.2 Å². The van der Waals surface area contributed by atoms with Gasteiger partial charge in [0.15, 0.2) is 18.1 Å². The maximum absolute atomic E-state index is 12.7. The first-order valence-electron chi connectivity index (χ1n) is 12.4. The molecule has 0 aliphatic carbocycles. The van der Waals surface area contributed by atoms with Gasteiger partial charge in [-0.05, 0) is 66.9 Å². The summed E-state index contributed by atoms with van der Waals surface area (Å²) in [5.74, 6) is 0.873. The minimum absolute atomic E-state index is 0.116. The van der Waals surface area contributed by atoms with Gasteiger partial charge in [0, 0.05) is 30.9 Å². The molecule has 2 heterocycles. The quantitative estimate of drug-likeness (QED) is 0.474. The van der Waals surface area contributed by atoms with Crippen LogP contribution in [0.15, 0.2) is 60.7 Å². The molecule has 0 unspecified atom stereocenters. The van der Waals surface area contributed by atoms with Crippen LogP contribution in [0.4, 0.5) is 11.4 Å². The third-order valence-corrected chi connectivity index (χ3v) is 6.66. The summed E-state index contributed by atoms with van der Waals surface area (Å²) in [6, 6.07) is 18.3. The first-order chi connectivity index (χ1) is 18.4. The molecule has 0 bridgehead atoms. The highest BCUT2D eigenvalue weighted by Crippen LogP contribution is 2.32. The van der Waals surface area contributed by atoms with Crippen molar-refractivity contribution < 1.29 is 28.6 Å². The topological polar surface area (TPSA) is 106 Å². The molecule has 3 aromatic rings. The number of anilines is 2. The molecule has 1 atom stereocenters. The molecular formula is C29H29N3O6. The molecule has 2 N–H and O–H groups in total. The van der Waals surface area contributed by atoms with Crippen LogP contribution in [0.25, 0.3) is 0 Å². The number of amides is 3. The predicted molar refractivity (Wildman–Crippen MR) is 141 cm³/mol. The monoisotopic (exact) mass is 515 g/mol. The highest BCUT2D eigenvalue weighted by Gasteiger charge is 2.35. The minimum Gasteiger partial charge on any atom is -0.484 e. The highest BCUT2D eigenvalue weighted by molar-refractivity contribution is 6.00. The molecule has 1 fully saturated rings. The Kier molecular flexibility index (Phi) is 7.17. The summed E-state index contributed by atoms with van der Waals surface area (Å²) < 4.78 is 16.3. The molecule has 196 valence electrons. The second-order valence-corrected chi connectivity index (χ2v) is 9.41. The van der Waals surface area contributed by atoms with E-state index in [0.29, 0.717) is 36.0 Å². The van der Waals surface area contributed by atoms with Crippen LogP contribution in [0.5, 0.6) is 17.2 Å². The summed E-state index contributed by atoms with van der Waals surface area (Å²) in [5.41, 5.74) is 4.32. The van der Waals surface area contributed by atoms with Crippen molar-refractivity contribution in [3.8, 4) is 17.2 Å². The van der Waals surface area contributed by atoms with E-state index in [0.717, 1.165) is 22.4 Å². The second kappa shape index (κ2) is 10.8. The lowest BCUT2D eigenvalue weighted by molar-refractivity contribution is -0.126. The summed E-state index contributed by atoms with van der Waals surface area (Å²) >= 11 is 0. The third-order valence-electron chi connectivity index (χ3n) is 6.66. The fraction of sp³-hybridized carbons (Fsp3) is 0.276. The molecule has 0 spiro atoms. The third kappa shape index (κ3) is 5.56. The number of nitrogens with one attached hydrogen (secondary N) is 2. The van der Waals surface area contributed by atoms with Gasteiger partial charge in [0.05, 0.1) is 5.92 Å². The average Bonchev–Trinajstić information content (AvgIpc) is 3.55. The highest BCUT2D eigenvalue weighted by atomic mass is 16.7. The van der Waals surface area contributed by atoms with Crippen molar-refractivity contribution in [3.63, 3.8) is 0 Å². The lowest BCUT2D eigenvalue weighted by Crippen LogP contribution is -2.32.